The monoisotopic (exact) mass is 891 g/mol. The van der Waals surface area contributed by atoms with Crippen molar-refractivity contribution in [1.29, 1.82) is 0 Å². The van der Waals surface area contributed by atoms with Crippen LogP contribution in [0.3, 0.4) is 0 Å². The van der Waals surface area contributed by atoms with Gasteiger partial charge in [0.05, 0.1) is 19.8 Å². The van der Waals surface area contributed by atoms with E-state index in [2.05, 4.69) is 55.4 Å². The lowest BCUT2D eigenvalue weighted by atomic mass is 9.99. The molecule has 0 bridgehead atoms. The standard InChI is InChI=1S/C40H32BrClIN3O4S/c1-3-5-19-30(4-2)46-39(49)31(21-26-22-32(41)37(34(43)23-26)50-24-29-18-12-13-20-33(29)42)38(48)45-40(46)51-25-35(47)44-36(27-14-8-6-9-15-27)28-16-10-7-11-17-28/h3-23,36H,1,24-25H2,2H3,(H,44,47)/b19-5-,30-4+,31-21+. The summed E-state index contributed by atoms with van der Waals surface area (Å²) in [6.45, 7) is 5.77. The van der Waals surface area contributed by atoms with Gasteiger partial charge >= 0.3 is 0 Å². The van der Waals surface area contributed by atoms with Crippen molar-refractivity contribution in [3.63, 3.8) is 0 Å². The zero-order valence-corrected chi connectivity index (χ0v) is 32.7. The smallest absolute Gasteiger partial charge is 0.285 e. The summed E-state index contributed by atoms with van der Waals surface area (Å²) in [5.74, 6) is -1.06. The highest BCUT2D eigenvalue weighted by molar-refractivity contribution is 14.1. The Hall–Kier alpha value is -4.23. The second kappa shape index (κ2) is 18.3. The second-order valence-electron chi connectivity index (χ2n) is 11.0. The molecule has 0 aliphatic carbocycles. The van der Waals surface area contributed by atoms with Crippen LogP contribution in [-0.2, 0) is 21.0 Å². The topological polar surface area (TPSA) is 88.1 Å². The molecule has 0 aromatic heterocycles. The van der Waals surface area contributed by atoms with Gasteiger partial charge in [-0.25, -0.2) is 0 Å². The van der Waals surface area contributed by atoms with E-state index in [4.69, 9.17) is 16.3 Å². The van der Waals surface area contributed by atoms with Crippen LogP contribution in [0, 0.1) is 3.57 Å². The molecule has 4 aromatic rings. The molecule has 3 amide bonds. The number of ether oxygens (including phenoxy) is 1. The van der Waals surface area contributed by atoms with Crippen LogP contribution in [0.15, 0.2) is 149 Å². The molecule has 1 heterocycles. The number of carbonyl (C=O) groups is 3. The fourth-order valence-corrected chi connectivity index (χ4v) is 7.89. The Morgan fingerprint density at radius 2 is 1.69 bits per heavy atom. The third-order valence-corrected chi connectivity index (χ3v) is 10.3. The molecular formula is C40H32BrClIN3O4S. The Morgan fingerprint density at radius 1 is 1.04 bits per heavy atom. The highest BCUT2D eigenvalue weighted by atomic mass is 127. The van der Waals surface area contributed by atoms with Gasteiger partial charge in [0.2, 0.25) is 5.91 Å². The van der Waals surface area contributed by atoms with E-state index in [-0.39, 0.29) is 35.0 Å². The minimum Gasteiger partial charge on any atom is -0.487 e. The Bertz CT molecular complexity index is 2010. The number of aliphatic imine (C=N–C) groups is 1. The van der Waals surface area contributed by atoms with Gasteiger partial charge in [0, 0.05) is 16.3 Å². The van der Waals surface area contributed by atoms with E-state index in [9.17, 15) is 14.4 Å². The predicted octanol–water partition coefficient (Wildman–Crippen LogP) is 9.68. The maximum atomic E-state index is 14.1. The number of amides is 3. The highest BCUT2D eigenvalue weighted by Crippen LogP contribution is 2.35. The van der Waals surface area contributed by atoms with Crippen LogP contribution < -0.4 is 10.1 Å². The molecule has 4 aromatic carbocycles. The molecule has 258 valence electrons. The van der Waals surface area contributed by atoms with Crippen molar-refractivity contribution in [2.24, 2.45) is 4.99 Å². The fourth-order valence-electron chi connectivity index (χ4n) is 5.13. The molecule has 0 saturated heterocycles. The van der Waals surface area contributed by atoms with Gasteiger partial charge in [0.15, 0.2) is 5.17 Å². The quantitative estimate of drug-likeness (QED) is 0.0663. The van der Waals surface area contributed by atoms with Crippen LogP contribution in [0.2, 0.25) is 5.02 Å². The van der Waals surface area contributed by atoms with Gasteiger partial charge in [-0.1, -0.05) is 127 Å². The number of rotatable bonds is 12. The number of carbonyl (C=O) groups excluding carboxylic acids is 3. The van der Waals surface area contributed by atoms with Crippen LogP contribution in [0.25, 0.3) is 6.08 Å². The van der Waals surface area contributed by atoms with E-state index >= 15 is 0 Å². The summed E-state index contributed by atoms with van der Waals surface area (Å²) in [6, 6.07) is 30.0. The summed E-state index contributed by atoms with van der Waals surface area (Å²) in [4.78, 5) is 46.7. The van der Waals surface area contributed by atoms with E-state index < -0.39 is 11.8 Å². The van der Waals surface area contributed by atoms with Crippen molar-refractivity contribution in [2.75, 3.05) is 5.75 Å². The Labute approximate surface area is 328 Å². The first-order chi connectivity index (χ1) is 24.7. The molecule has 7 nitrogen and oxygen atoms in total. The van der Waals surface area contributed by atoms with Crippen molar-refractivity contribution in [1.82, 2.24) is 10.2 Å². The minimum atomic E-state index is -0.709. The fraction of sp³-hybridized carbons (Fsp3) is 0.100. The van der Waals surface area contributed by atoms with E-state index in [1.54, 1.807) is 43.4 Å². The van der Waals surface area contributed by atoms with Gasteiger partial charge in [-0.3, -0.25) is 19.3 Å². The average molecular weight is 893 g/mol. The molecule has 0 unspecified atom stereocenters. The second-order valence-corrected chi connectivity index (χ2v) is 14.4. The number of allylic oxidation sites excluding steroid dienone is 4. The van der Waals surface area contributed by atoms with Gasteiger partial charge in [0.25, 0.3) is 11.8 Å². The number of nitrogens with zero attached hydrogens (tertiary/aromatic N) is 2. The molecule has 0 spiro atoms. The maximum absolute atomic E-state index is 14.1. The normalized spacial score (nSPS) is 14.3. The number of benzene rings is 4. The number of thioether (sulfide) groups is 1. The minimum absolute atomic E-state index is 0.0892. The molecule has 1 aliphatic heterocycles. The summed E-state index contributed by atoms with van der Waals surface area (Å²) in [7, 11) is 0. The van der Waals surface area contributed by atoms with Crippen LogP contribution >= 0.6 is 61.9 Å². The van der Waals surface area contributed by atoms with Crippen LogP contribution in [0.4, 0.5) is 0 Å². The molecule has 11 heteroatoms. The maximum Gasteiger partial charge on any atom is 0.285 e. The number of amidine groups is 1. The van der Waals surface area contributed by atoms with E-state index in [1.807, 2.05) is 84.9 Å². The van der Waals surface area contributed by atoms with Crippen LogP contribution in [0.1, 0.15) is 35.2 Å². The number of hydrogen-bond donors (Lipinski definition) is 1. The first-order valence-corrected chi connectivity index (χ1v) is 19.0. The first kappa shape index (κ1) is 38.0. The number of halogens is 3. The summed E-state index contributed by atoms with van der Waals surface area (Å²) in [5, 5.41) is 3.80. The van der Waals surface area contributed by atoms with Crippen molar-refractivity contribution >= 4 is 90.8 Å². The molecule has 1 N–H and O–H groups in total. The van der Waals surface area contributed by atoms with Crippen LogP contribution in [0.5, 0.6) is 5.75 Å². The zero-order valence-electron chi connectivity index (χ0n) is 27.4. The first-order valence-electron chi connectivity index (χ1n) is 15.7. The summed E-state index contributed by atoms with van der Waals surface area (Å²) in [5.41, 5.74) is 3.62. The van der Waals surface area contributed by atoms with Crippen molar-refractivity contribution in [3.05, 3.63) is 175 Å². The zero-order chi connectivity index (χ0) is 36.3. The summed E-state index contributed by atoms with van der Waals surface area (Å²) in [6.07, 6.45) is 8.20. The number of nitrogens with one attached hydrogen (secondary N) is 1. The predicted molar refractivity (Wildman–Crippen MR) is 218 cm³/mol. The summed E-state index contributed by atoms with van der Waals surface area (Å²) >= 11 is 13.0. The highest BCUT2D eigenvalue weighted by Gasteiger charge is 2.35. The van der Waals surface area contributed by atoms with E-state index in [0.717, 1.165) is 32.0 Å². The van der Waals surface area contributed by atoms with Gasteiger partial charge < -0.3 is 10.1 Å². The Morgan fingerprint density at radius 3 is 2.29 bits per heavy atom. The average Bonchev–Trinajstić information content (AvgIpc) is 3.13. The third kappa shape index (κ3) is 9.76. The summed E-state index contributed by atoms with van der Waals surface area (Å²) < 4.78 is 7.47. The third-order valence-electron chi connectivity index (χ3n) is 7.57. The van der Waals surface area contributed by atoms with Crippen LogP contribution in [-0.4, -0.2) is 33.5 Å². The van der Waals surface area contributed by atoms with Crippen molar-refractivity contribution < 1.29 is 19.1 Å². The van der Waals surface area contributed by atoms with Crippen molar-refractivity contribution in [3.8, 4) is 5.75 Å². The van der Waals surface area contributed by atoms with Gasteiger partial charge in [-0.2, -0.15) is 4.99 Å². The Kier molecular flexibility index (Phi) is 13.7. The molecule has 5 rings (SSSR count). The van der Waals surface area contributed by atoms with E-state index in [1.165, 1.54) is 11.0 Å². The molecule has 51 heavy (non-hydrogen) atoms. The van der Waals surface area contributed by atoms with Gasteiger partial charge in [-0.15, -0.1) is 0 Å². The lowest BCUT2D eigenvalue weighted by Gasteiger charge is -2.28. The van der Waals surface area contributed by atoms with Crippen molar-refractivity contribution in [2.45, 2.75) is 19.6 Å². The Balaban J connectivity index is 1.39. The lowest BCUT2D eigenvalue weighted by molar-refractivity contribution is -0.126. The largest absolute Gasteiger partial charge is 0.487 e. The van der Waals surface area contributed by atoms with E-state index in [0.29, 0.717) is 26.5 Å². The molecule has 0 radical (unpaired) electrons. The molecular weight excluding hydrogens is 861 g/mol. The number of hydrogen-bond acceptors (Lipinski definition) is 5. The molecule has 0 fully saturated rings. The van der Waals surface area contributed by atoms with Gasteiger partial charge in [0.1, 0.15) is 17.9 Å². The molecule has 0 saturated carbocycles. The van der Waals surface area contributed by atoms with Gasteiger partial charge in [-0.05, 0) is 92.5 Å². The molecule has 0 atom stereocenters. The SMILES string of the molecule is C=C/C=C\C(=C/C)N1C(=O)/C(=C/c2cc(Br)c(OCc3ccccc3Cl)c(I)c2)C(=O)N=C1SCC(=O)NC(c1ccccc1)c1ccccc1. The lowest BCUT2D eigenvalue weighted by Crippen LogP contribution is -2.42. The molecule has 1 aliphatic rings.